The lowest BCUT2D eigenvalue weighted by Gasteiger charge is -2.31. The second kappa shape index (κ2) is 10.2. The van der Waals surface area contributed by atoms with Gasteiger partial charge < -0.3 is 9.47 Å². The molecule has 0 unspecified atom stereocenters. The van der Waals surface area contributed by atoms with Crippen LogP contribution in [-0.2, 0) is 14.3 Å². The van der Waals surface area contributed by atoms with E-state index in [0.29, 0.717) is 0 Å². The van der Waals surface area contributed by atoms with E-state index < -0.39 is 55.6 Å². The molecule has 0 aliphatic carbocycles. The first-order valence-corrected chi connectivity index (χ1v) is 9.21. The first kappa shape index (κ1) is 26.1. The molecule has 0 fully saturated rings. The van der Waals surface area contributed by atoms with Crippen LogP contribution in [0.4, 0.5) is 35.1 Å². The van der Waals surface area contributed by atoms with Crippen LogP contribution in [0.25, 0.3) is 11.1 Å². The van der Waals surface area contributed by atoms with Gasteiger partial charge in [-0.25, -0.2) is 8.78 Å². The number of rotatable bonds is 10. The van der Waals surface area contributed by atoms with Gasteiger partial charge in [0, 0.05) is 0 Å². The molecule has 0 bridgehead atoms. The van der Waals surface area contributed by atoms with Crippen LogP contribution in [0.3, 0.4) is 0 Å². The number of hydrogen-bond acceptors (Lipinski definition) is 4. The Morgan fingerprint density at radius 3 is 1.82 bits per heavy atom. The van der Waals surface area contributed by atoms with Crippen LogP contribution in [0.15, 0.2) is 54.6 Å². The average molecular weight is 484 g/mol. The van der Waals surface area contributed by atoms with Gasteiger partial charge in [-0.3, -0.25) is 9.59 Å². The third-order valence-electron chi connectivity index (χ3n) is 4.29. The number of alkyl halides is 8. The van der Waals surface area contributed by atoms with Crippen molar-refractivity contribution in [2.45, 2.75) is 37.0 Å². The van der Waals surface area contributed by atoms with E-state index in [4.69, 9.17) is 4.74 Å². The minimum Gasteiger partial charge on any atom is -0.459 e. The number of ether oxygens (including phenoxy) is 2. The van der Waals surface area contributed by atoms with Gasteiger partial charge in [0.1, 0.15) is 5.75 Å². The van der Waals surface area contributed by atoms with E-state index in [1.54, 1.807) is 12.1 Å². The summed E-state index contributed by atoms with van der Waals surface area (Å²) in [7, 11) is 0. The largest absolute Gasteiger partial charge is 0.459 e. The van der Waals surface area contributed by atoms with Crippen LogP contribution in [-0.4, -0.2) is 42.7 Å². The predicted molar refractivity (Wildman–Crippen MR) is 98.6 cm³/mol. The smallest absolute Gasteiger partial charge is 0.381 e. The van der Waals surface area contributed by atoms with Gasteiger partial charge in [-0.05, 0) is 23.3 Å². The topological polar surface area (TPSA) is 52.6 Å². The first-order chi connectivity index (χ1) is 15.3. The van der Waals surface area contributed by atoms with Crippen molar-refractivity contribution in [3.63, 3.8) is 0 Å². The molecule has 2 aromatic carbocycles. The van der Waals surface area contributed by atoms with Crippen LogP contribution in [0.5, 0.6) is 5.75 Å². The highest BCUT2D eigenvalue weighted by Crippen LogP contribution is 2.48. The lowest BCUT2D eigenvalue weighted by molar-refractivity contribution is -0.344. The summed E-state index contributed by atoms with van der Waals surface area (Å²) in [5.74, 6) is -21.2. The summed E-state index contributed by atoms with van der Waals surface area (Å²) in [6.07, 6.45) is -6.70. The highest BCUT2D eigenvalue weighted by Gasteiger charge is 2.75. The van der Waals surface area contributed by atoms with Gasteiger partial charge in [0.25, 0.3) is 0 Å². The van der Waals surface area contributed by atoms with Crippen molar-refractivity contribution < 1.29 is 54.2 Å². The molecule has 2 aromatic rings. The Morgan fingerprint density at radius 1 is 0.758 bits per heavy atom. The summed E-state index contributed by atoms with van der Waals surface area (Å²) in [5.41, 5.74) is 1.71. The van der Waals surface area contributed by atoms with Crippen molar-refractivity contribution in [2.75, 3.05) is 6.61 Å². The molecular weight excluding hydrogens is 468 g/mol. The SMILES string of the molecule is O=C(CCC(=O)Oc1ccc(-c2ccccc2)cc1)OCC(F)(F)C(F)(F)C(F)(F)C(F)F. The van der Waals surface area contributed by atoms with Gasteiger partial charge in [0.2, 0.25) is 0 Å². The van der Waals surface area contributed by atoms with Gasteiger partial charge in [0.05, 0.1) is 12.8 Å². The maximum atomic E-state index is 13.3. The summed E-state index contributed by atoms with van der Waals surface area (Å²) in [6.45, 7) is -2.59. The average Bonchev–Trinajstić information content (AvgIpc) is 2.77. The Hall–Kier alpha value is -3.18. The number of carbonyl (C=O) groups is 2. The molecule has 12 heteroatoms. The zero-order valence-electron chi connectivity index (χ0n) is 16.6. The number of halogens is 8. The van der Waals surface area contributed by atoms with E-state index in [0.717, 1.165) is 11.1 Å². The molecule has 0 saturated heterocycles. The fourth-order valence-corrected chi connectivity index (χ4v) is 2.45. The van der Waals surface area contributed by atoms with E-state index in [2.05, 4.69) is 4.74 Å². The standard InChI is InChI=1S/C21H16F8O4/c22-18(23)20(26,27)21(28,29)19(24,25)12-32-16(30)10-11-17(31)33-15-8-6-14(7-9-15)13-4-2-1-3-5-13/h1-9,18H,10-12H2. The van der Waals surface area contributed by atoms with Crippen molar-refractivity contribution >= 4 is 11.9 Å². The fourth-order valence-electron chi connectivity index (χ4n) is 2.45. The van der Waals surface area contributed by atoms with E-state index in [1.165, 1.54) is 12.1 Å². The zero-order valence-corrected chi connectivity index (χ0v) is 16.6. The van der Waals surface area contributed by atoms with Crippen LogP contribution in [0.2, 0.25) is 0 Å². The normalized spacial score (nSPS) is 12.5. The van der Waals surface area contributed by atoms with Gasteiger partial charge >= 0.3 is 36.1 Å². The van der Waals surface area contributed by atoms with Gasteiger partial charge in [-0.1, -0.05) is 42.5 Å². The number of esters is 2. The van der Waals surface area contributed by atoms with Crippen LogP contribution >= 0.6 is 0 Å². The number of hydrogen-bond donors (Lipinski definition) is 0. The molecule has 2 rings (SSSR count). The summed E-state index contributed by atoms with van der Waals surface area (Å²) in [4.78, 5) is 23.2. The summed E-state index contributed by atoms with van der Waals surface area (Å²) in [6, 6.07) is 15.4. The molecule has 0 heterocycles. The molecule has 4 nitrogen and oxygen atoms in total. The summed E-state index contributed by atoms with van der Waals surface area (Å²) >= 11 is 0. The minimum atomic E-state index is -6.49. The minimum absolute atomic E-state index is 0.0912. The highest BCUT2D eigenvalue weighted by atomic mass is 19.4. The summed E-state index contributed by atoms with van der Waals surface area (Å²) < 4.78 is 111. The Labute approximate surface area is 182 Å². The Kier molecular flexibility index (Phi) is 8.04. The molecule has 33 heavy (non-hydrogen) atoms. The Bertz CT molecular complexity index is 946. The van der Waals surface area contributed by atoms with Crippen molar-refractivity contribution in [1.29, 1.82) is 0 Å². The van der Waals surface area contributed by atoms with E-state index in [-0.39, 0.29) is 5.75 Å². The molecular formula is C21H16F8O4. The molecule has 0 aliphatic rings. The number of carbonyl (C=O) groups excluding carboxylic acids is 2. The van der Waals surface area contributed by atoms with E-state index in [1.807, 2.05) is 30.3 Å². The number of benzene rings is 2. The Balaban J connectivity index is 1.84. The Morgan fingerprint density at radius 2 is 1.27 bits per heavy atom. The second-order valence-electron chi connectivity index (χ2n) is 6.73. The van der Waals surface area contributed by atoms with Crippen molar-refractivity contribution in [3.8, 4) is 16.9 Å². The van der Waals surface area contributed by atoms with E-state index in [9.17, 15) is 44.7 Å². The van der Waals surface area contributed by atoms with E-state index >= 15 is 0 Å². The highest BCUT2D eigenvalue weighted by molar-refractivity contribution is 5.79. The molecule has 0 atom stereocenters. The van der Waals surface area contributed by atoms with Gasteiger partial charge in [-0.15, -0.1) is 0 Å². The second-order valence-corrected chi connectivity index (χ2v) is 6.73. The zero-order chi connectivity index (χ0) is 24.9. The van der Waals surface area contributed by atoms with Crippen LogP contribution in [0, 0.1) is 0 Å². The lowest BCUT2D eigenvalue weighted by atomic mass is 10.1. The molecule has 0 N–H and O–H groups in total. The monoisotopic (exact) mass is 484 g/mol. The molecule has 180 valence electrons. The molecule has 0 aromatic heterocycles. The molecule has 0 amide bonds. The predicted octanol–water partition coefficient (Wildman–Crippen LogP) is 5.75. The molecule has 0 aliphatic heterocycles. The van der Waals surface area contributed by atoms with Crippen molar-refractivity contribution in [1.82, 2.24) is 0 Å². The molecule has 0 radical (unpaired) electrons. The maximum absolute atomic E-state index is 13.3. The van der Waals surface area contributed by atoms with Gasteiger partial charge in [-0.2, -0.15) is 26.3 Å². The quantitative estimate of drug-likeness (QED) is 0.245. The fraction of sp³-hybridized carbons (Fsp3) is 0.333. The third kappa shape index (κ3) is 6.20. The third-order valence-corrected chi connectivity index (χ3v) is 4.29. The van der Waals surface area contributed by atoms with Crippen LogP contribution < -0.4 is 4.74 Å². The molecule has 0 saturated carbocycles. The van der Waals surface area contributed by atoms with Gasteiger partial charge in [0.15, 0.2) is 6.61 Å². The lowest BCUT2D eigenvalue weighted by Crippen LogP contribution is -2.59. The molecule has 0 spiro atoms. The first-order valence-electron chi connectivity index (χ1n) is 9.21. The maximum Gasteiger partial charge on any atom is 0.381 e. The summed E-state index contributed by atoms with van der Waals surface area (Å²) in [5, 5.41) is 0. The van der Waals surface area contributed by atoms with Crippen molar-refractivity contribution in [3.05, 3.63) is 54.6 Å². The van der Waals surface area contributed by atoms with Crippen LogP contribution in [0.1, 0.15) is 12.8 Å². The van der Waals surface area contributed by atoms with Crippen molar-refractivity contribution in [2.24, 2.45) is 0 Å².